The maximum Gasteiger partial charge on any atom is 0.338 e. The highest BCUT2D eigenvalue weighted by atomic mass is 19.3. The zero-order chi connectivity index (χ0) is 15.8. The van der Waals surface area contributed by atoms with Crippen LogP contribution in [0.2, 0.25) is 0 Å². The topological polar surface area (TPSA) is 52.6 Å². The quantitative estimate of drug-likeness (QED) is 0.725. The Morgan fingerprint density at radius 2 is 1.76 bits per heavy atom. The molecule has 0 unspecified atom stereocenters. The molecule has 4 nitrogen and oxygen atoms in total. The molecular formula is C15H18F2O4. The average molecular weight is 300 g/mol. The second-order valence-corrected chi connectivity index (χ2v) is 4.29. The number of halogens is 2. The number of carbonyl (C=O) groups is 2. The maximum absolute atomic E-state index is 12.9. The van der Waals surface area contributed by atoms with Crippen molar-refractivity contribution >= 4 is 11.9 Å². The van der Waals surface area contributed by atoms with Crippen LogP contribution < -0.4 is 0 Å². The summed E-state index contributed by atoms with van der Waals surface area (Å²) < 4.78 is 35.3. The molecule has 6 heteroatoms. The van der Waals surface area contributed by atoms with E-state index in [2.05, 4.69) is 0 Å². The Hall–Kier alpha value is -1.98. The van der Waals surface area contributed by atoms with Crippen molar-refractivity contribution in [2.45, 2.75) is 33.1 Å². The van der Waals surface area contributed by atoms with E-state index in [4.69, 9.17) is 9.47 Å². The van der Waals surface area contributed by atoms with Crippen LogP contribution in [-0.2, 0) is 20.7 Å². The molecule has 0 N–H and O–H groups in total. The van der Waals surface area contributed by atoms with E-state index in [9.17, 15) is 18.4 Å². The molecule has 0 aromatic heterocycles. The first-order valence-corrected chi connectivity index (χ1v) is 6.72. The standard InChI is InChI=1S/C15H18F2O4/c1-3-20-13(18)6-5-10-7-11(14(16)17)9-12(8-10)15(19)21-4-2/h7-9,14H,3-6H2,1-2H3. The molecule has 1 aromatic rings. The smallest absolute Gasteiger partial charge is 0.338 e. The predicted molar refractivity (Wildman–Crippen MR) is 72.3 cm³/mol. The number of hydrogen-bond acceptors (Lipinski definition) is 4. The van der Waals surface area contributed by atoms with Gasteiger partial charge in [-0.05, 0) is 38.0 Å². The van der Waals surface area contributed by atoms with Crippen molar-refractivity contribution in [1.29, 1.82) is 0 Å². The van der Waals surface area contributed by atoms with Crippen LogP contribution >= 0.6 is 0 Å². The minimum atomic E-state index is -2.69. The Labute approximate surface area is 122 Å². The number of benzene rings is 1. The van der Waals surface area contributed by atoms with Gasteiger partial charge in [0, 0.05) is 12.0 Å². The highest BCUT2D eigenvalue weighted by Gasteiger charge is 2.15. The van der Waals surface area contributed by atoms with Crippen LogP contribution in [0, 0.1) is 0 Å². The summed E-state index contributed by atoms with van der Waals surface area (Å²) in [5.41, 5.74) is 0.275. The van der Waals surface area contributed by atoms with Gasteiger partial charge in [0.05, 0.1) is 18.8 Å². The zero-order valence-corrected chi connectivity index (χ0v) is 12.0. The minimum Gasteiger partial charge on any atom is -0.466 e. The SMILES string of the molecule is CCOC(=O)CCc1cc(C(=O)OCC)cc(C(F)F)c1. The van der Waals surface area contributed by atoms with Gasteiger partial charge in [0.15, 0.2) is 0 Å². The number of alkyl halides is 2. The van der Waals surface area contributed by atoms with Crippen LogP contribution in [0.1, 0.15) is 48.2 Å². The molecule has 116 valence electrons. The summed E-state index contributed by atoms with van der Waals surface area (Å²) in [4.78, 5) is 22.9. The third-order valence-electron chi connectivity index (χ3n) is 2.70. The van der Waals surface area contributed by atoms with Gasteiger partial charge in [-0.1, -0.05) is 6.07 Å². The van der Waals surface area contributed by atoms with Gasteiger partial charge in [-0.2, -0.15) is 0 Å². The number of rotatable bonds is 7. The van der Waals surface area contributed by atoms with Gasteiger partial charge in [-0.25, -0.2) is 13.6 Å². The number of esters is 2. The minimum absolute atomic E-state index is 0.0634. The second-order valence-electron chi connectivity index (χ2n) is 4.29. The van der Waals surface area contributed by atoms with E-state index >= 15 is 0 Å². The molecule has 0 aliphatic heterocycles. The molecule has 0 amide bonds. The van der Waals surface area contributed by atoms with E-state index in [1.165, 1.54) is 12.1 Å². The first-order valence-electron chi connectivity index (χ1n) is 6.72. The van der Waals surface area contributed by atoms with Crippen molar-refractivity contribution in [2.24, 2.45) is 0 Å². The summed E-state index contributed by atoms with van der Waals surface area (Å²) in [5, 5.41) is 0. The van der Waals surface area contributed by atoms with Crippen molar-refractivity contribution in [2.75, 3.05) is 13.2 Å². The van der Waals surface area contributed by atoms with Crippen molar-refractivity contribution < 1.29 is 27.8 Å². The lowest BCUT2D eigenvalue weighted by Crippen LogP contribution is -2.08. The van der Waals surface area contributed by atoms with Crippen LogP contribution in [0.5, 0.6) is 0 Å². The third-order valence-corrected chi connectivity index (χ3v) is 2.70. The Morgan fingerprint density at radius 3 is 2.33 bits per heavy atom. The average Bonchev–Trinajstić information content (AvgIpc) is 2.45. The largest absolute Gasteiger partial charge is 0.466 e. The first-order chi connectivity index (χ1) is 9.97. The molecule has 1 aromatic carbocycles. The summed E-state index contributed by atoms with van der Waals surface area (Å²) in [5.74, 6) is -1.06. The van der Waals surface area contributed by atoms with E-state index < -0.39 is 18.4 Å². The van der Waals surface area contributed by atoms with E-state index in [1.807, 2.05) is 0 Å². The Balaban J connectivity index is 2.92. The van der Waals surface area contributed by atoms with Crippen LogP contribution in [0.25, 0.3) is 0 Å². The molecule has 0 aliphatic carbocycles. The lowest BCUT2D eigenvalue weighted by Gasteiger charge is -2.09. The summed E-state index contributed by atoms with van der Waals surface area (Å²) in [7, 11) is 0. The second kappa shape index (κ2) is 8.34. The molecule has 0 heterocycles. The van der Waals surface area contributed by atoms with Crippen LogP contribution in [-0.4, -0.2) is 25.2 Å². The van der Waals surface area contributed by atoms with E-state index in [1.54, 1.807) is 13.8 Å². The van der Waals surface area contributed by atoms with E-state index in [0.717, 1.165) is 6.07 Å². The highest BCUT2D eigenvalue weighted by molar-refractivity contribution is 5.90. The van der Waals surface area contributed by atoms with Crippen LogP contribution in [0.15, 0.2) is 18.2 Å². The molecular weight excluding hydrogens is 282 g/mol. The lowest BCUT2D eigenvalue weighted by atomic mass is 10.0. The molecule has 21 heavy (non-hydrogen) atoms. The van der Waals surface area contributed by atoms with Crippen molar-refractivity contribution in [3.05, 3.63) is 34.9 Å². The van der Waals surface area contributed by atoms with Gasteiger partial charge < -0.3 is 9.47 Å². The zero-order valence-electron chi connectivity index (χ0n) is 12.0. The molecule has 0 fully saturated rings. The van der Waals surface area contributed by atoms with Crippen LogP contribution in [0.3, 0.4) is 0 Å². The van der Waals surface area contributed by atoms with Crippen molar-refractivity contribution in [3.63, 3.8) is 0 Å². The predicted octanol–water partition coefficient (Wildman–Crippen LogP) is 3.30. The van der Waals surface area contributed by atoms with Gasteiger partial charge in [0.25, 0.3) is 6.43 Å². The lowest BCUT2D eigenvalue weighted by molar-refractivity contribution is -0.143. The van der Waals surface area contributed by atoms with Crippen molar-refractivity contribution in [1.82, 2.24) is 0 Å². The first kappa shape index (κ1) is 17.1. The third kappa shape index (κ3) is 5.49. The summed E-state index contributed by atoms with van der Waals surface area (Å²) in [6.07, 6.45) is -2.39. The number of ether oxygens (including phenoxy) is 2. The fourth-order valence-electron chi connectivity index (χ4n) is 1.80. The maximum atomic E-state index is 12.9. The van der Waals surface area contributed by atoms with Gasteiger partial charge in [-0.15, -0.1) is 0 Å². The van der Waals surface area contributed by atoms with Gasteiger partial charge in [-0.3, -0.25) is 4.79 Å². The Bertz CT molecular complexity index is 500. The summed E-state index contributed by atoms with van der Waals surface area (Å²) in [6, 6.07) is 3.85. The molecule has 0 spiro atoms. The molecule has 0 radical (unpaired) electrons. The normalized spacial score (nSPS) is 10.5. The number of carbonyl (C=O) groups excluding carboxylic acids is 2. The summed E-state index contributed by atoms with van der Waals surface area (Å²) >= 11 is 0. The molecule has 0 bridgehead atoms. The van der Waals surface area contributed by atoms with Crippen molar-refractivity contribution in [3.8, 4) is 0 Å². The molecule has 1 rings (SSSR count). The Morgan fingerprint density at radius 1 is 1.10 bits per heavy atom. The molecule has 0 atom stereocenters. The number of aryl methyl sites for hydroxylation is 1. The molecule has 0 aliphatic rings. The Kier molecular flexibility index (Phi) is 6.78. The molecule has 0 saturated carbocycles. The van der Waals surface area contributed by atoms with Crippen LogP contribution in [0.4, 0.5) is 8.78 Å². The summed E-state index contributed by atoms with van der Waals surface area (Å²) in [6.45, 7) is 3.75. The van der Waals surface area contributed by atoms with Gasteiger partial charge in [0.1, 0.15) is 0 Å². The number of hydrogen-bond donors (Lipinski definition) is 0. The fraction of sp³-hybridized carbons (Fsp3) is 0.467. The van der Waals surface area contributed by atoms with E-state index in [-0.39, 0.29) is 37.2 Å². The highest BCUT2D eigenvalue weighted by Crippen LogP contribution is 2.23. The van der Waals surface area contributed by atoms with Gasteiger partial charge in [0.2, 0.25) is 0 Å². The monoisotopic (exact) mass is 300 g/mol. The van der Waals surface area contributed by atoms with E-state index in [0.29, 0.717) is 5.56 Å². The van der Waals surface area contributed by atoms with Gasteiger partial charge >= 0.3 is 11.9 Å². The molecule has 0 saturated heterocycles. The fourth-order valence-corrected chi connectivity index (χ4v) is 1.80.